The van der Waals surface area contributed by atoms with Crippen molar-refractivity contribution in [1.29, 1.82) is 0 Å². The first-order valence-electron chi connectivity index (χ1n) is 11.9. The maximum Gasteiger partial charge on any atom is 0.304 e. The van der Waals surface area contributed by atoms with E-state index < -0.39 is 11.9 Å². The number of carbonyl (C=O) groups is 2. The molecule has 1 atom stereocenters. The summed E-state index contributed by atoms with van der Waals surface area (Å²) in [4.78, 5) is 35.2. The largest absolute Gasteiger partial charge is 0.425 e. The fraction of sp³-hybridized carbons (Fsp3) is 0.346. The Balaban J connectivity index is 1.65. The lowest BCUT2D eigenvalue weighted by Gasteiger charge is -2.25. The van der Waals surface area contributed by atoms with E-state index in [2.05, 4.69) is 0 Å². The van der Waals surface area contributed by atoms with E-state index in [1.807, 2.05) is 24.0 Å². The van der Waals surface area contributed by atoms with Crippen molar-refractivity contribution in [3.63, 3.8) is 0 Å². The van der Waals surface area contributed by atoms with Gasteiger partial charge in [-0.3, -0.25) is 19.1 Å². The molecule has 35 heavy (non-hydrogen) atoms. The molecule has 0 saturated carbocycles. The molecule has 2 aliphatic heterocycles. The van der Waals surface area contributed by atoms with Gasteiger partial charge in [-0.05, 0) is 49.1 Å². The van der Waals surface area contributed by atoms with E-state index >= 15 is 0 Å². The van der Waals surface area contributed by atoms with Gasteiger partial charge >= 0.3 is 6.01 Å². The number of hydrogen-bond acceptors (Lipinski definition) is 5. The van der Waals surface area contributed by atoms with E-state index in [1.165, 1.54) is 17.0 Å². The van der Waals surface area contributed by atoms with Crippen LogP contribution in [0.15, 0.2) is 48.5 Å². The summed E-state index contributed by atoms with van der Waals surface area (Å²) in [6, 6.07) is 12.8. The number of imidazole rings is 1. The van der Waals surface area contributed by atoms with Crippen LogP contribution in [0, 0.1) is 5.82 Å². The second-order valence-corrected chi connectivity index (χ2v) is 9.28. The normalized spacial score (nSPS) is 17.4. The Bertz CT molecular complexity index is 1260. The van der Waals surface area contributed by atoms with Gasteiger partial charge in [-0.2, -0.15) is 4.98 Å². The van der Waals surface area contributed by atoms with Crippen molar-refractivity contribution in [3.8, 4) is 11.8 Å². The van der Waals surface area contributed by atoms with E-state index in [1.54, 1.807) is 28.8 Å². The summed E-state index contributed by atoms with van der Waals surface area (Å²) < 4.78 is 21.6. The van der Waals surface area contributed by atoms with Crippen molar-refractivity contribution < 1.29 is 18.7 Å². The topological polar surface area (TPSA) is 67.7 Å². The third-order valence-electron chi connectivity index (χ3n) is 6.43. The van der Waals surface area contributed by atoms with Crippen molar-refractivity contribution in [2.24, 2.45) is 0 Å². The summed E-state index contributed by atoms with van der Waals surface area (Å²) in [5.41, 5.74) is 1.18. The summed E-state index contributed by atoms with van der Waals surface area (Å²) in [5, 5.41) is 0.599. The lowest BCUT2D eigenvalue weighted by atomic mass is 10.2. The van der Waals surface area contributed by atoms with Crippen LogP contribution < -0.4 is 9.64 Å². The fourth-order valence-electron chi connectivity index (χ4n) is 4.68. The van der Waals surface area contributed by atoms with E-state index in [0.717, 1.165) is 24.8 Å². The molecule has 1 fully saturated rings. The molecule has 1 saturated heterocycles. The molecule has 0 bridgehead atoms. The number of aromatic nitrogens is 2. The predicted molar refractivity (Wildman–Crippen MR) is 131 cm³/mol. The highest BCUT2D eigenvalue weighted by Gasteiger charge is 2.45. The van der Waals surface area contributed by atoms with Crippen LogP contribution in [0.1, 0.15) is 48.7 Å². The van der Waals surface area contributed by atoms with E-state index in [9.17, 15) is 14.0 Å². The van der Waals surface area contributed by atoms with Crippen LogP contribution in [0.25, 0.3) is 0 Å². The minimum Gasteiger partial charge on any atom is -0.425 e. The number of rotatable bonds is 7. The lowest BCUT2D eigenvalue weighted by Crippen LogP contribution is -2.46. The molecule has 3 aromatic rings. The van der Waals surface area contributed by atoms with Crippen LogP contribution in [-0.2, 0) is 11.3 Å². The number of anilines is 1. The third kappa shape index (κ3) is 4.50. The lowest BCUT2D eigenvalue weighted by molar-refractivity contribution is -0.129. The second-order valence-electron chi connectivity index (χ2n) is 8.84. The van der Waals surface area contributed by atoms with Gasteiger partial charge in [-0.25, -0.2) is 4.39 Å². The zero-order valence-electron chi connectivity index (χ0n) is 19.4. The van der Waals surface area contributed by atoms with Crippen LogP contribution in [0.3, 0.4) is 0 Å². The highest BCUT2D eigenvalue weighted by atomic mass is 35.5. The first kappa shape index (κ1) is 23.4. The van der Waals surface area contributed by atoms with Crippen LogP contribution in [0.2, 0.25) is 5.02 Å². The van der Waals surface area contributed by atoms with E-state index in [0.29, 0.717) is 36.0 Å². The van der Waals surface area contributed by atoms with Crippen molar-refractivity contribution in [3.05, 3.63) is 70.6 Å². The molecule has 2 aliphatic rings. The molecule has 7 nitrogen and oxygen atoms in total. The number of benzene rings is 2. The summed E-state index contributed by atoms with van der Waals surface area (Å²) >= 11 is 6.07. The Kier molecular flexibility index (Phi) is 6.47. The SMILES string of the molecule is CCCCN1C(=O)c2c(nc(Oc3cccc(F)c3)n2Cc2ccc(Cl)cc2)N2CCC[C@@H]2C1=O. The molecule has 9 heteroatoms. The molecular formula is C26H26ClFN4O3. The number of imide groups is 1. The van der Waals surface area contributed by atoms with Gasteiger partial charge in [-0.1, -0.05) is 43.1 Å². The quantitative estimate of drug-likeness (QED) is 0.417. The van der Waals surface area contributed by atoms with Gasteiger partial charge in [0.1, 0.15) is 17.6 Å². The number of fused-ring (bicyclic) bond motifs is 3. The van der Waals surface area contributed by atoms with Gasteiger partial charge in [0.15, 0.2) is 11.5 Å². The maximum absolute atomic E-state index is 13.9. The van der Waals surface area contributed by atoms with Gasteiger partial charge in [0, 0.05) is 24.2 Å². The highest BCUT2D eigenvalue weighted by Crippen LogP contribution is 2.37. The standard InChI is InChI=1S/C26H26ClFN4O3/c1-2-3-13-31-24(33)21-8-5-14-30(21)23-22(25(31)34)32(16-17-9-11-18(27)12-10-17)26(29-23)35-20-7-4-6-19(28)15-20/h4,6-7,9-12,15,21H,2-3,5,8,13-14,16H2,1H3/t21-/m1/s1. The van der Waals surface area contributed by atoms with Crippen LogP contribution in [-0.4, -0.2) is 45.4 Å². The monoisotopic (exact) mass is 496 g/mol. The number of carbonyl (C=O) groups excluding carboxylic acids is 2. The molecule has 3 heterocycles. The van der Waals surface area contributed by atoms with Gasteiger partial charge in [0.2, 0.25) is 0 Å². The molecule has 0 radical (unpaired) electrons. The number of nitrogens with zero attached hydrogens (tertiary/aromatic N) is 4. The van der Waals surface area contributed by atoms with Gasteiger partial charge in [0.05, 0.1) is 6.54 Å². The Hall–Kier alpha value is -3.39. The Morgan fingerprint density at radius 1 is 1.17 bits per heavy atom. The average Bonchev–Trinajstić information content (AvgIpc) is 3.44. The molecule has 0 N–H and O–H groups in total. The minimum atomic E-state index is -0.438. The first-order chi connectivity index (χ1) is 17.0. The molecule has 2 amide bonds. The van der Waals surface area contributed by atoms with Gasteiger partial charge in [0.25, 0.3) is 11.8 Å². The highest BCUT2D eigenvalue weighted by molar-refractivity contribution is 6.30. The third-order valence-corrected chi connectivity index (χ3v) is 6.68. The zero-order valence-corrected chi connectivity index (χ0v) is 20.2. The molecule has 0 unspecified atom stereocenters. The average molecular weight is 497 g/mol. The number of hydrogen-bond donors (Lipinski definition) is 0. The van der Waals surface area contributed by atoms with Crippen molar-refractivity contribution >= 4 is 29.2 Å². The summed E-state index contributed by atoms with van der Waals surface area (Å²) in [6.07, 6.45) is 3.07. The molecule has 0 aliphatic carbocycles. The zero-order chi connectivity index (χ0) is 24.5. The van der Waals surface area contributed by atoms with Gasteiger partial charge in [-0.15, -0.1) is 0 Å². The first-order valence-corrected chi connectivity index (χ1v) is 12.2. The number of amides is 2. The maximum atomic E-state index is 13.9. The van der Waals surface area contributed by atoms with Crippen LogP contribution in [0.5, 0.6) is 11.8 Å². The summed E-state index contributed by atoms with van der Waals surface area (Å²) in [7, 11) is 0. The molecule has 0 spiro atoms. The predicted octanol–water partition coefficient (Wildman–Crippen LogP) is 5.27. The number of ether oxygens (including phenoxy) is 1. The molecule has 2 aromatic carbocycles. The number of unbranched alkanes of at least 4 members (excludes halogenated alkanes) is 1. The van der Waals surface area contributed by atoms with E-state index in [4.69, 9.17) is 21.3 Å². The summed E-state index contributed by atoms with van der Waals surface area (Å²) in [5.74, 6) is -0.294. The molecule has 1 aromatic heterocycles. The Morgan fingerprint density at radius 2 is 1.97 bits per heavy atom. The molecule has 182 valence electrons. The second kappa shape index (κ2) is 9.70. The smallest absolute Gasteiger partial charge is 0.304 e. The Labute approximate surface area is 208 Å². The molecule has 5 rings (SSSR count). The minimum absolute atomic E-state index is 0.166. The fourth-order valence-corrected chi connectivity index (χ4v) is 4.80. The van der Waals surface area contributed by atoms with Gasteiger partial charge < -0.3 is 9.64 Å². The van der Waals surface area contributed by atoms with E-state index in [-0.39, 0.29) is 30.1 Å². The van der Waals surface area contributed by atoms with Crippen LogP contribution in [0.4, 0.5) is 10.2 Å². The van der Waals surface area contributed by atoms with Crippen molar-refractivity contribution in [1.82, 2.24) is 14.5 Å². The Morgan fingerprint density at radius 3 is 2.71 bits per heavy atom. The van der Waals surface area contributed by atoms with Crippen molar-refractivity contribution in [2.45, 2.75) is 45.2 Å². The van der Waals surface area contributed by atoms with Crippen molar-refractivity contribution in [2.75, 3.05) is 18.0 Å². The van der Waals surface area contributed by atoms with Crippen LogP contribution >= 0.6 is 11.6 Å². The summed E-state index contributed by atoms with van der Waals surface area (Å²) in [6.45, 7) is 3.26. The molecular weight excluding hydrogens is 471 g/mol. The number of halogens is 2.